The van der Waals surface area contributed by atoms with Crippen LogP contribution in [0.4, 0.5) is 5.95 Å². The Bertz CT molecular complexity index is 731. The lowest BCUT2D eigenvalue weighted by Gasteiger charge is -2.16. The van der Waals surface area contributed by atoms with Crippen molar-refractivity contribution in [2.75, 3.05) is 7.11 Å². The second-order valence-electron chi connectivity index (χ2n) is 4.75. The molecule has 1 N–H and O–H groups in total. The number of para-hydroxylation sites is 1. The third-order valence-electron chi connectivity index (χ3n) is 3.23. The van der Waals surface area contributed by atoms with Crippen LogP contribution < -0.4 is 9.47 Å². The van der Waals surface area contributed by atoms with E-state index < -0.39 is 0 Å². The lowest BCUT2D eigenvalue weighted by molar-refractivity contribution is 0.282. The molecule has 0 aliphatic heterocycles. The van der Waals surface area contributed by atoms with E-state index in [1.54, 1.807) is 7.11 Å². The van der Waals surface area contributed by atoms with Crippen LogP contribution in [0, 0.1) is 0 Å². The van der Waals surface area contributed by atoms with Crippen molar-refractivity contribution in [3.05, 3.63) is 65.0 Å². The van der Waals surface area contributed by atoms with Gasteiger partial charge < -0.3 is 14.8 Å². The van der Waals surface area contributed by atoms with Gasteiger partial charge in [-0.15, -0.1) is 5.21 Å². The Hall–Kier alpha value is -3.09. The molecule has 7 nitrogen and oxygen atoms in total. The molecule has 0 fully saturated rings. The zero-order valence-corrected chi connectivity index (χ0v) is 12.6. The summed E-state index contributed by atoms with van der Waals surface area (Å²) in [7, 11) is 1.62. The molecular weight excluding hydrogens is 294 g/mol. The third kappa shape index (κ3) is 3.76. The van der Waals surface area contributed by atoms with E-state index in [0.29, 0.717) is 30.6 Å². The lowest BCUT2D eigenvalue weighted by Crippen LogP contribution is -2.01. The molecule has 0 aliphatic carbocycles. The first-order chi connectivity index (χ1) is 11.4. The molecule has 1 heterocycles. The molecule has 0 atom stereocenters. The predicted molar refractivity (Wildman–Crippen MR) is 84.7 cm³/mol. The van der Waals surface area contributed by atoms with Crippen LogP contribution in [-0.4, -0.2) is 27.7 Å². The second kappa shape index (κ2) is 7.26. The van der Waals surface area contributed by atoms with Crippen LogP contribution in [-0.2, 0) is 13.2 Å². The Morgan fingerprint density at radius 1 is 1.09 bits per heavy atom. The van der Waals surface area contributed by atoms with Crippen LogP contribution in [0.25, 0.3) is 5.32 Å². The van der Waals surface area contributed by atoms with Crippen LogP contribution in [0.5, 0.6) is 11.5 Å². The highest BCUT2D eigenvalue weighted by Gasteiger charge is 2.10. The Labute approximate surface area is 133 Å². The summed E-state index contributed by atoms with van der Waals surface area (Å²) in [6.07, 6.45) is 0. The van der Waals surface area contributed by atoms with Gasteiger partial charge in [0, 0.05) is 12.1 Å². The molecular formula is C16H16N5O2-. The van der Waals surface area contributed by atoms with E-state index in [0.717, 1.165) is 11.1 Å². The molecule has 0 radical (unpaired) electrons. The summed E-state index contributed by atoms with van der Waals surface area (Å²) in [5, 5.41) is 17.7. The molecule has 23 heavy (non-hydrogen) atoms. The van der Waals surface area contributed by atoms with Gasteiger partial charge in [-0.3, -0.25) is 15.4 Å². The molecule has 2 aromatic carbocycles. The van der Waals surface area contributed by atoms with Gasteiger partial charge in [0.25, 0.3) is 0 Å². The van der Waals surface area contributed by atoms with Gasteiger partial charge in [-0.25, -0.2) is 0 Å². The first-order valence-electron chi connectivity index (χ1n) is 7.10. The zero-order valence-electron chi connectivity index (χ0n) is 12.6. The zero-order chi connectivity index (χ0) is 15.9. The van der Waals surface area contributed by atoms with Crippen molar-refractivity contribution < 1.29 is 9.47 Å². The van der Waals surface area contributed by atoms with E-state index in [1.807, 2.05) is 48.5 Å². The number of aromatic nitrogens is 4. The molecule has 0 saturated heterocycles. The van der Waals surface area contributed by atoms with E-state index >= 15 is 0 Å². The average molecular weight is 310 g/mol. The van der Waals surface area contributed by atoms with Gasteiger partial charge >= 0.3 is 0 Å². The molecule has 7 heteroatoms. The number of ether oxygens (including phenoxy) is 2. The minimum Gasteiger partial charge on any atom is -0.493 e. The van der Waals surface area contributed by atoms with Crippen LogP contribution >= 0.6 is 0 Å². The molecule has 3 rings (SSSR count). The highest BCUT2D eigenvalue weighted by Crippen LogP contribution is 2.33. The Balaban J connectivity index is 1.75. The average Bonchev–Trinajstić information content (AvgIpc) is 3.12. The van der Waals surface area contributed by atoms with Gasteiger partial charge in [0.05, 0.1) is 13.1 Å². The second-order valence-corrected chi connectivity index (χ2v) is 4.75. The smallest absolute Gasteiger partial charge is 0.165 e. The topological polar surface area (TPSA) is 87.0 Å². The minimum absolute atomic E-state index is 0.307. The van der Waals surface area contributed by atoms with Gasteiger partial charge in [0.1, 0.15) is 6.61 Å². The minimum atomic E-state index is 0.307. The first kappa shape index (κ1) is 14.8. The SMILES string of the molecule is COc1cccc(C[N-]c2nn[nH]n2)c1OCc1ccccc1. The molecule has 118 valence electrons. The maximum Gasteiger partial charge on any atom is 0.165 e. The van der Waals surface area contributed by atoms with Crippen molar-refractivity contribution in [3.8, 4) is 11.5 Å². The van der Waals surface area contributed by atoms with Crippen molar-refractivity contribution in [1.82, 2.24) is 20.6 Å². The predicted octanol–water partition coefficient (Wildman–Crippen LogP) is 2.99. The van der Waals surface area contributed by atoms with E-state index in [-0.39, 0.29) is 0 Å². The highest BCUT2D eigenvalue weighted by atomic mass is 16.5. The van der Waals surface area contributed by atoms with E-state index in [2.05, 4.69) is 25.9 Å². The van der Waals surface area contributed by atoms with Gasteiger partial charge in [-0.05, 0) is 11.6 Å². The monoisotopic (exact) mass is 310 g/mol. The van der Waals surface area contributed by atoms with Crippen LogP contribution in [0.15, 0.2) is 48.5 Å². The van der Waals surface area contributed by atoms with Crippen molar-refractivity contribution in [2.45, 2.75) is 13.2 Å². The fourth-order valence-electron chi connectivity index (χ4n) is 2.12. The number of methoxy groups -OCH3 is 1. The molecule has 3 aromatic rings. The number of benzene rings is 2. The number of tetrazole rings is 1. The first-order valence-corrected chi connectivity index (χ1v) is 7.10. The van der Waals surface area contributed by atoms with Gasteiger partial charge in [-0.1, -0.05) is 42.5 Å². The summed E-state index contributed by atoms with van der Waals surface area (Å²) in [6, 6.07) is 15.7. The fourth-order valence-corrected chi connectivity index (χ4v) is 2.12. The van der Waals surface area contributed by atoms with E-state index in [4.69, 9.17) is 9.47 Å². The Kier molecular flexibility index (Phi) is 4.68. The number of H-pyrrole nitrogens is 1. The summed E-state index contributed by atoms with van der Waals surface area (Å²) in [5.74, 6) is 1.65. The van der Waals surface area contributed by atoms with Gasteiger partial charge in [0.2, 0.25) is 0 Å². The number of nitrogens with one attached hydrogen (secondary N) is 1. The Morgan fingerprint density at radius 3 is 2.70 bits per heavy atom. The molecule has 0 bridgehead atoms. The lowest BCUT2D eigenvalue weighted by atomic mass is 10.1. The van der Waals surface area contributed by atoms with Crippen molar-refractivity contribution >= 4 is 5.95 Å². The van der Waals surface area contributed by atoms with Crippen molar-refractivity contribution in [2.24, 2.45) is 0 Å². The summed E-state index contributed by atoms with van der Waals surface area (Å²) in [6.45, 7) is 0.831. The summed E-state index contributed by atoms with van der Waals surface area (Å²) in [5.41, 5.74) is 1.98. The van der Waals surface area contributed by atoms with Crippen LogP contribution in [0.3, 0.4) is 0 Å². The molecule has 0 amide bonds. The molecule has 0 saturated carbocycles. The maximum absolute atomic E-state index is 5.97. The molecule has 0 unspecified atom stereocenters. The summed E-state index contributed by atoms with van der Waals surface area (Å²) < 4.78 is 11.4. The molecule has 0 aliphatic rings. The molecule has 1 aromatic heterocycles. The Morgan fingerprint density at radius 2 is 1.96 bits per heavy atom. The number of aromatic amines is 1. The largest absolute Gasteiger partial charge is 0.493 e. The van der Waals surface area contributed by atoms with E-state index in [9.17, 15) is 0 Å². The van der Waals surface area contributed by atoms with Gasteiger partial charge in [-0.2, -0.15) is 0 Å². The number of nitrogens with zero attached hydrogens (tertiary/aromatic N) is 4. The maximum atomic E-state index is 5.97. The normalized spacial score (nSPS) is 10.3. The quantitative estimate of drug-likeness (QED) is 0.725. The standard InChI is InChI=1S/C16H16N5O2/c1-22-14-9-5-8-13(10-17-16-18-20-21-19-16)15(14)23-11-12-6-3-2-4-7-12/h2-9H,10-11H2,1H3,(H-,17,18,19,20,21)/q-1. The van der Waals surface area contributed by atoms with Crippen LogP contribution in [0.2, 0.25) is 0 Å². The summed E-state index contributed by atoms with van der Waals surface area (Å²) >= 11 is 0. The number of hydrogen-bond donors (Lipinski definition) is 1. The third-order valence-corrected chi connectivity index (χ3v) is 3.23. The highest BCUT2D eigenvalue weighted by molar-refractivity contribution is 5.48. The molecule has 0 spiro atoms. The number of rotatable bonds is 7. The summed E-state index contributed by atoms with van der Waals surface area (Å²) in [4.78, 5) is 0. The van der Waals surface area contributed by atoms with Gasteiger partial charge in [0.15, 0.2) is 11.5 Å². The van der Waals surface area contributed by atoms with Crippen LogP contribution in [0.1, 0.15) is 11.1 Å². The van der Waals surface area contributed by atoms with Crippen molar-refractivity contribution in [3.63, 3.8) is 0 Å². The van der Waals surface area contributed by atoms with E-state index in [1.165, 1.54) is 0 Å². The fraction of sp³-hybridized carbons (Fsp3) is 0.188. The van der Waals surface area contributed by atoms with Crippen molar-refractivity contribution in [1.29, 1.82) is 0 Å². The number of hydrogen-bond acceptors (Lipinski definition) is 5.